The van der Waals surface area contributed by atoms with E-state index >= 15 is 0 Å². The van der Waals surface area contributed by atoms with E-state index in [9.17, 15) is 0 Å². The van der Waals surface area contributed by atoms with Crippen LogP contribution in [0.1, 0.15) is 26.2 Å². The molecule has 6 nitrogen and oxygen atoms in total. The van der Waals surface area contributed by atoms with Crippen molar-refractivity contribution in [3.8, 4) is 0 Å². The Morgan fingerprint density at radius 2 is 2.00 bits per heavy atom. The Bertz CT molecular complexity index is 378. The fourth-order valence-electron chi connectivity index (χ4n) is 3.62. The van der Waals surface area contributed by atoms with E-state index < -0.39 is 0 Å². The average Bonchev–Trinajstić information content (AvgIpc) is 3.24. The predicted octanol–water partition coefficient (Wildman–Crippen LogP) is 1.90. The number of hydrogen-bond donors (Lipinski definition) is 1. The van der Waals surface area contributed by atoms with Gasteiger partial charge in [-0.25, -0.2) is 0 Å². The molecule has 2 saturated heterocycles. The number of methoxy groups -OCH3 is 1. The fraction of sp³-hybridized carbons (Fsp3) is 0.944. The highest BCUT2D eigenvalue weighted by atomic mass is 127. The van der Waals surface area contributed by atoms with E-state index in [1.807, 2.05) is 7.05 Å². The van der Waals surface area contributed by atoms with Gasteiger partial charge >= 0.3 is 0 Å². The SMILES string of the molecule is CN=C(NCC(C)CN1CCCC1)N1CCC(COCCOC)C1.I. The van der Waals surface area contributed by atoms with Crippen LogP contribution >= 0.6 is 24.0 Å². The summed E-state index contributed by atoms with van der Waals surface area (Å²) in [5, 5.41) is 3.57. The zero-order valence-electron chi connectivity index (χ0n) is 16.2. The molecule has 148 valence electrons. The molecule has 7 heteroatoms. The summed E-state index contributed by atoms with van der Waals surface area (Å²) in [6, 6.07) is 0. The number of rotatable bonds is 9. The second-order valence-electron chi connectivity index (χ2n) is 7.21. The average molecular weight is 468 g/mol. The standard InChI is InChI=1S/C18H36N4O2.HI/c1-16(13-21-7-4-5-8-21)12-20-18(19-2)22-9-6-17(14-22)15-24-11-10-23-3;/h16-17H,4-15H2,1-3H3,(H,19,20);1H. The van der Waals surface area contributed by atoms with Crippen molar-refractivity contribution in [1.29, 1.82) is 0 Å². The fourth-order valence-corrected chi connectivity index (χ4v) is 3.62. The highest BCUT2D eigenvalue weighted by Gasteiger charge is 2.25. The Morgan fingerprint density at radius 1 is 1.24 bits per heavy atom. The summed E-state index contributed by atoms with van der Waals surface area (Å²) in [4.78, 5) is 9.42. The van der Waals surface area contributed by atoms with Crippen molar-refractivity contribution in [1.82, 2.24) is 15.1 Å². The normalized spacial score (nSPS) is 22.9. The molecule has 0 radical (unpaired) electrons. The molecular weight excluding hydrogens is 431 g/mol. The van der Waals surface area contributed by atoms with Gasteiger partial charge in [0.1, 0.15) is 0 Å². The van der Waals surface area contributed by atoms with E-state index in [1.165, 1.54) is 38.9 Å². The summed E-state index contributed by atoms with van der Waals surface area (Å²) >= 11 is 0. The zero-order valence-corrected chi connectivity index (χ0v) is 18.5. The molecule has 1 N–H and O–H groups in total. The molecule has 25 heavy (non-hydrogen) atoms. The second-order valence-corrected chi connectivity index (χ2v) is 7.21. The Morgan fingerprint density at radius 3 is 2.68 bits per heavy atom. The third-order valence-electron chi connectivity index (χ3n) is 4.96. The van der Waals surface area contributed by atoms with Crippen LogP contribution in [-0.2, 0) is 9.47 Å². The van der Waals surface area contributed by atoms with Crippen molar-refractivity contribution in [3.63, 3.8) is 0 Å². The Hall–Kier alpha value is -0.120. The van der Waals surface area contributed by atoms with Gasteiger partial charge in [0.2, 0.25) is 0 Å². The summed E-state index contributed by atoms with van der Waals surface area (Å²) in [6.07, 6.45) is 3.91. The van der Waals surface area contributed by atoms with Gasteiger partial charge in [-0.3, -0.25) is 4.99 Å². The Balaban J connectivity index is 0.00000312. The molecule has 2 unspecified atom stereocenters. The summed E-state index contributed by atoms with van der Waals surface area (Å²) in [5.74, 6) is 2.29. The van der Waals surface area contributed by atoms with Gasteiger partial charge in [0, 0.05) is 46.3 Å². The minimum Gasteiger partial charge on any atom is -0.382 e. The maximum absolute atomic E-state index is 5.67. The lowest BCUT2D eigenvalue weighted by atomic mass is 10.1. The molecule has 2 atom stereocenters. The van der Waals surface area contributed by atoms with E-state index in [-0.39, 0.29) is 24.0 Å². The highest BCUT2D eigenvalue weighted by molar-refractivity contribution is 14.0. The monoisotopic (exact) mass is 468 g/mol. The van der Waals surface area contributed by atoms with Gasteiger partial charge in [0.05, 0.1) is 19.8 Å². The lowest BCUT2D eigenvalue weighted by molar-refractivity contribution is 0.0536. The van der Waals surface area contributed by atoms with Crippen molar-refractivity contribution in [3.05, 3.63) is 0 Å². The lowest BCUT2D eigenvalue weighted by Gasteiger charge is -2.25. The van der Waals surface area contributed by atoms with Crippen LogP contribution in [0.5, 0.6) is 0 Å². The molecule has 0 aromatic carbocycles. The van der Waals surface area contributed by atoms with Crippen molar-refractivity contribution < 1.29 is 9.47 Å². The number of nitrogens with one attached hydrogen (secondary N) is 1. The van der Waals surface area contributed by atoms with Crippen LogP contribution in [0, 0.1) is 11.8 Å². The van der Waals surface area contributed by atoms with Gasteiger partial charge in [-0.05, 0) is 38.3 Å². The van der Waals surface area contributed by atoms with Crippen LogP contribution in [0.15, 0.2) is 4.99 Å². The quantitative estimate of drug-likeness (QED) is 0.243. The van der Waals surface area contributed by atoms with Crippen molar-refractivity contribution in [2.75, 3.05) is 73.2 Å². The minimum atomic E-state index is 0. The highest BCUT2D eigenvalue weighted by Crippen LogP contribution is 2.17. The molecule has 0 aromatic heterocycles. The number of hydrogen-bond acceptors (Lipinski definition) is 4. The first-order valence-electron chi connectivity index (χ1n) is 9.47. The lowest BCUT2D eigenvalue weighted by Crippen LogP contribution is -2.43. The predicted molar refractivity (Wildman–Crippen MR) is 114 cm³/mol. The van der Waals surface area contributed by atoms with Crippen LogP contribution in [0.4, 0.5) is 0 Å². The van der Waals surface area contributed by atoms with Gasteiger partial charge < -0.3 is 24.6 Å². The number of nitrogens with zero attached hydrogens (tertiary/aromatic N) is 3. The van der Waals surface area contributed by atoms with E-state index in [1.54, 1.807) is 7.11 Å². The van der Waals surface area contributed by atoms with E-state index in [0.29, 0.717) is 25.0 Å². The van der Waals surface area contributed by atoms with Gasteiger partial charge in [0.25, 0.3) is 0 Å². The molecule has 2 aliphatic rings. The molecule has 0 aromatic rings. The third-order valence-corrected chi connectivity index (χ3v) is 4.96. The number of ether oxygens (including phenoxy) is 2. The first-order chi connectivity index (χ1) is 11.7. The van der Waals surface area contributed by atoms with Crippen LogP contribution in [0.3, 0.4) is 0 Å². The Kier molecular flexibility index (Phi) is 12.0. The summed E-state index contributed by atoms with van der Waals surface area (Å²) < 4.78 is 10.7. The summed E-state index contributed by atoms with van der Waals surface area (Å²) in [6.45, 7) is 11.4. The molecule has 0 bridgehead atoms. The van der Waals surface area contributed by atoms with Crippen LogP contribution in [-0.4, -0.2) is 89.0 Å². The summed E-state index contributed by atoms with van der Waals surface area (Å²) in [5.41, 5.74) is 0. The molecule has 2 rings (SSSR count). The second kappa shape index (κ2) is 13.1. The van der Waals surface area contributed by atoms with Crippen molar-refractivity contribution in [2.24, 2.45) is 16.8 Å². The van der Waals surface area contributed by atoms with Crippen molar-refractivity contribution >= 4 is 29.9 Å². The van der Waals surface area contributed by atoms with Crippen LogP contribution < -0.4 is 5.32 Å². The topological polar surface area (TPSA) is 49.3 Å². The number of likely N-dealkylation sites (tertiary alicyclic amines) is 2. The molecule has 2 aliphatic heterocycles. The first-order valence-corrected chi connectivity index (χ1v) is 9.47. The van der Waals surface area contributed by atoms with Gasteiger partial charge in [-0.2, -0.15) is 0 Å². The smallest absolute Gasteiger partial charge is 0.193 e. The third kappa shape index (κ3) is 8.41. The molecule has 0 amide bonds. The first kappa shape index (κ1) is 22.9. The molecule has 2 fully saturated rings. The molecule has 2 heterocycles. The molecular formula is C18H37IN4O2. The molecule has 0 saturated carbocycles. The number of guanidine groups is 1. The Labute approximate surface area is 170 Å². The van der Waals surface area contributed by atoms with Crippen molar-refractivity contribution in [2.45, 2.75) is 26.2 Å². The van der Waals surface area contributed by atoms with Crippen LogP contribution in [0.2, 0.25) is 0 Å². The maximum Gasteiger partial charge on any atom is 0.193 e. The zero-order chi connectivity index (χ0) is 17.2. The van der Waals surface area contributed by atoms with Gasteiger partial charge in [-0.15, -0.1) is 24.0 Å². The summed E-state index contributed by atoms with van der Waals surface area (Å²) in [7, 11) is 3.59. The van der Waals surface area contributed by atoms with E-state index in [0.717, 1.165) is 32.2 Å². The largest absolute Gasteiger partial charge is 0.382 e. The molecule has 0 spiro atoms. The van der Waals surface area contributed by atoms with Gasteiger partial charge in [0.15, 0.2) is 5.96 Å². The van der Waals surface area contributed by atoms with Gasteiger partial charge in [-0.1, -0.05) is 6.92 Å². The minimum absolute atomic E-state index is 0. The van der Waals surface area contributed by atoms with Crippen LogP contribution in [0.25, 0.3) is 0 Å². The molecule has 0 aliphatic carbocycles. The van der Waals surface area contributed by atoms with E-state index in [4.69, 9.17) is 9.47 Å². The maximum atomic E-state index is 5.67. The number of halogens is 1. The number of aliphatic imine (C=N–C) groups is 1. The van der Waals surface area contributed by atoms with E-state index in [2.05, 4.69) is 27.0 Å².